The minimum atomic E-state index is 0.658. The Morgan fingerprint density at radius 2 is 1.90 bits per heavy atom. The molecule has 1 aliphatic rings. The summed E-state index contributed by atoms with van der Waals surface area (Å²) in [6, 6.07) is 0. The van der Waals surface area contributed by atoms with Gasteiger partial charge in [-0.15, -0.1) is 0 Å². The molecule has 0 aliphatic carbocycles. The lowest BCUT2D eigenvalue weighted by Gasteiger charge is -2.27. The molecule has 1 unspecified atom stereocenters. The van der Waals surface area contributed by atoms with Gasteiger partial charge in [-0.1, -0.05) is 29.3 Å². The van der Waals surface area contributed by atoms with E-state index < -0.39 is 0 Å². The van der Waals surface area contributed by atoms with E-state index in [1.54, 1.807) is 0 Å². The van der Waals surface area contributed by atoms with Crippen molar-refractivity contribution in [3.63, 3.8) is 0 Å². The van der Waals surface area contributed by atoms with Crippen molar-refractivity contribution in [2.45, 2.75) is 31.0 Å². The highest BCUT2D eigenvalue weighted by Gasteiger charge is 2.10. The van der Waals surface area contributed by atoms with Gasteiger partial charge in [0.2, 0.25) is 0 Å². The fourth-order valence-corrected chi connectivity index (χ4v) is 1.91. The number of hydrogen-bond acceptors (Lipinski definition) is 1. The maximum atomic E-state index is 3.57. The Morgan fingerprint density at radius 1 is 1.30 bits per heavy atom. The first-order valence-electron chi connectivity index (χ1n) is 4.15. The van der Waals surface area contributed by atoms with Crippen LogP contribution in [0.15, 0.2) is 0 Å². The highest BCUT2D eigenvalue weighted by Crippen LogP contribution is 2.10. The molecule has 0 spiro atoms. The van der Waals surface area contributed by atoms with Crippen LogP contribution < -0.4 is 0 Å². The molecule has 2 heteroatoms. The minimum absolute atomic E-state index is 0.658. The molecule has 60 valence electrons. The zero-order valence-electron chi connectivity index (χ0n) is 6.65. The number of piperidine rings is 1. The Balaban J connectivity index is 2.13. The minimum Gasteiger partial charge on any atom is -0.302 e. The van der Waals surface area contributed by atoms with Crippen molar-refractivity contribution < 1.29 is 0 Å². The lowest BCUT2D eigenvalue weighted by Crippen LogP contribution is -2.33. The van der Waals surface area contributed by atoms with Gasteiger partial charge in [-0.2, -0.15) is 0 Å². The summed E-state index contributed by atoms with van der Waals surface area (Å²) in [6.45, 7) is 6.07. The van der Waals surface area contributed by atoms with Gasteiger partial charge < -0.3 is 4.90 Å². The molecule has 0 bridgehead atoms. The second kappa shape index (κ2) is 4.35. The lowest BCUT2D eigenvalue weighted by atomic mass is 10.1. The Hall–Kier alpha value is 0.440. The van der Waals surface area contributed by atoms with E-state index in [-0.39, 0.29) is 0 Å². The van der Waals surface area contributed by atoms with Crippen LogP contribution in [-0.2, 0) is 0 Å². The maximum absolute atomic E-state index is 3.57. The van der Waals surface area contributed by atoms with E-state index in [9.17, 15) is 0 Å². The molecule has 1 atom stereocenters. The molecule has 0 saturated carbocycles. The van der Waals surface area contributed by atoms with Crippen molar-refractivity contribution in [2.75, 3.05) is 19.6 Å². The average molecular weight is 206 g/mol. The van der Waals surface area contributed by atoms with E-state index in [4.69, 9.17) is 0 Å². The Morgan fingerprint density at radius 3 is 2.40 bits per heavy atom. The van der Waals surface area contributed by atoms with Crippen LogP contribution in [0.5, 0.6) is 0 Å². The molecule has 1 heterocycles. The molecule has 1 aliphatic heterocycles. The summed E-state index contributed by atoms with van der Waals surface area (Å²) < 4.78 is 0. The molecule has 1 saturated heterocycles. The quantitative estimate of drug-likeness (QED) is 0.626. The first-order chi connectivity index (χ1) is 4.79. The van der Waals surface area contributed by atoms with Gasteiger partial charge in [0.1, 0.15) is 0 Å². The van der Waals surface area contributed by atoms with E-state index in [0.29, 0.717) is 4.83 Å². The van der Waals surface area contributed by atoms with Gasteiger partial charge in [0.05, 0.1) is 0 Å². The number of halogens is 1. The molecule has 1 rings (SSSR count). The molecule has 0 amide bonds. The topological polar surface area (TPSA) is 3.24 Å². The van der Waals surface area contributed by atoms with Crippen LogP contribution in [0.25, 0.3) is 0 Å². The first-order valence-corrected chi connectivity index (χ1v) is 5.07. The Kier molecular flexibility index (Phi) is 3.71. The standard InChI is InChI=1S/C8H16BrN/c1-8(9)7-10-5-3-2-4-6-10/h8H,2-7H2,1H3. The SMILES string of the molecule is CC(Br)CN1CCCCC1. The molecule has 1 fully saturated rings. The summed E-state index contributed by atoms with van der Waals surface area (Å²) in [5.41, 5.74) is 0. The predicted molar refractivity (Wildman–Crippen MR) is 48.7 cm³/mol. The van der Waals surface area contributed by atoms with Gasteiger partial charge in [0.15, 0.2) is 0 Å². The lowest BCUT2D eigenvalue weighted by molar-refractivity contribution is 0.233. The van der Waals surface area contributed by atoms with Crippen LogP contribution in [0.1, 0.15) is 26.2 Å². The number of alkyl halides is 1. The van der Waals surface area contributed by atoms with Gasteiger partial charge >= 0.3 is 0 Å². The van der Waals surface area contributed by atoms with Crippen LogP contribution >= 0.6 is 15.9 Å². The zero-order chi connectivity index (χ0) is 7.40. The van der Waals surface area contributed by atoms with Crippen molar-refractivity contribution in [1.29, 1.82) is 0 Å². The third kappa shape index (κ3) is 3.02. The summed E-state index contributed by atoms with van der Waals surface area (Å²) in [6.07, 6.45) is 4.24. The Bertz CT molecular complexity index is 87.3. The van der Waals surface area contributed by atoms with Crippen LogP contribution in [-0.4, -0.2) is 29.4 Å². The second-order valence-electron chi connectivity index (χ2n) is 3.14. The molecular weight excluding hydrogens is 190 g/mol. The summed E-state index contributed by atoms with van der Waals surface area (Å²) in [5.74, 6) is 0. The molecule has 0 N–H and O–H groups in total. The molecule has 0 aromatic heterocycles. The molecule has 1 nitrogen and oxygen atoms in total. The third-order valence-electron chi connectivity index (χ3n) is 1.96. The number of hydrogen-bond donors (Lipinski definition) is 0. The van der Waals surface area contributed by atoms with Crippen LogP contribution in [0.4, 0.5) is 0 Å². The van der Waals surface area contributed by atoms with Crippen LogP contribution in [0.3, 0.4) is 0 Å². The van der Waals surface area contributed by atoms with Crippen molar-refractivity contribution in [3.8, 4) is 0 Å². The predicted octanol–water partition coefficient (Wildman–Crippen LogP) is 2.26. The van der Waals surface area contributed by atoms with Gasteiger partial charge in [-0.05, 0) is 25.9 Å². The summed E-state index contributed by atoms with van der Waals surface area (Å²) >= 11 is 3.57. The second-order valence-corrected chi connectivity index (χ2v) is 4.71. The van der Waals surface area contributed by atoms with Crippen LogP contribution in [0.2, 0.25) is 0 Å². The van der Waals surface area contributed by atoms with Gasteiger partial charge in [-0.3, -0.25) is 0 Å². The number of rotatable bonds is 2. The Labute approximate surface area is 71.9 Å². The summed E-state index contributed by atoms with van der Waals surface area (Å²) in [5, 5.41) is 0. The van der Waals surface area contributed by atoms with E-state index >= 15 is 0 Å². The smallest absolute Gasteiger partial charge is 0.0244 e. The summed E-state index contributed by atoms with van der Waals surface area (Å²) in [4.78, 5) is 3.20. The molecule has 10 heavy (non-hydrogen) atoms. The normalized spacial score (nSPS) is 24.6. The van der Waals surface area contributed by atoms with Gasteiger partial charge in [0.25, 0.3) is 0 Å². The van der Waals surface area contributed by atoms with Gasteiger partial charge in [0, 0.05) is 11.4 Å². The average Bonchev–Trinajstić information content (AvgIpc) is 1.88. The van der Waals surface area contributed by atoms with E-state index in [1.165, 1.54) is 38.9 Å². The first kappa shape index (κ1) is 8.54. The van der Waals surface area contributed by atoms with Crippen molar-refractivity contribution >= 4 is 15.9 Å². The number of likely N-dealkylation sites (tertiary alicyclic amines) is 1. The van der Waals surface area contributed by atoms with E-state index in [1.807, 2.05) is 0 Å². The molecular formula is C8H16BrN. The zero-order valence-corrected chi connectivity index (χ0v) is 8.23. The third-order valence-corrected chi connectivity index (χ3v) is 2.25. The highest BCUT2D eigenvalue weighted by atomic mass is 79.9. The fourth-order valence-electron chi connectivity index (χ4n) is 1.50. The van der Waals surface area contributed by atoms with Crippen molar-refractivity contribution in [3.05, 3.63) is 0 Å². The maximum Gasteiger partial charge on any atom is 0.0244 e. The molecule has 0 aromatic carbocycles. The summed E-state index contributed by atoms with van der Waals surface area (Å²) in [7, 11) is 0. The molecule has 0 radical (unpaired) electrons. The van der Waals surface area contributed by atoms with E-state index in [0.717, 1.165) is 0 Å². The van der Waals surface area contributed by atoms with Crippen LogP contribution in [0, 0.1) is 0 Å². The van der Waals surface area contributed by atoms with E-state index in [2.05, 4.69) is 27.8 Å². The van der Waals surface area contributed by atoms with Gasteiger partial charge in [-0.25, -0.2) is 0 Å². The highest BCUT2D eigenvalue weighted by molar-refractivity contribution is 9.09. The van der Waals surface area contributed by atoms with Crippen molar-refractivity contribution in [2.24, 2.45) is 0 Å². The van der Waals surface area contributed by atoms with Crippen molar-refractivity contribution in [1.82, 2.24) is 4.90 Å². The number of nitrogens with zero attached hydrogens (tertiary/aromatic N) is 1. The fraction of sp³-hybridized carbons (Fsp3) is 1.00. The monoisotopic (exact) mass is 205 g/mol. The molecule has 0 aromatic rings. The largest absolute Gasteiger partial charge is 0.302 e.